The molecule has 0 radical (unpaired) electrons. The Balaban J connectivity index is 1.93. The lowest BCUT2D eigenvalue weighted by molar-refractivity contribution is -0.158. The van der Waals surface area contributed by atoms with Gasteiger partial charge in [-0.2, -0.15) is 0 Å². The third-order valence-electron chi connectivity index (χ3n) is 4.48. The van der Waals surface area contributed by atoms with Crippen molar-refractivity contribution in [3.8, 4) is 0 Å². The quantitative estimate of drug-likeness (QED) is 0.597. The summed E-state index contributed by atoms with van der Waals surface area (Å²) >= 11 is 0. The molecule has 0 spiro atoms. The second-order valence-corrected chi connectivity index (χ2v) is 7.79. The molecule has 0 saturated carbocycles. The minimum Gasteiger partial charge on any atom is -0.455 e. The molecule has 0 aromatic heterocycles. The topological polar surface area (TPSA) is 75.7 Å². The molecule has 1 aliphatic rings. The molecule has 28 heavy (non-hydrogen) atoms. The molecular formula is C21H27FN2O4. The van der Waals surface area contributed by atoms with Crippen LogP contribution in [0.5, 0.6) is 0 Å². The number of nitrogens with one attached hydrogen (secondary N) is 1. The molecule has 7 heteroatoms. The molecule has 1 aliphatic carbocycles. The molecule has 0 unspecified atom stereocenters. The zero-order chi connectivity index (χ0) is 20.7. The van der Waals surface area contributed by atoms with Gasteiger partial charge in [-0.3, -0.25) is 14.4 Å². The third-order valence-corrected chi connectivity index (χ3v) is 4.48. The van der Waals surface area contributed by atoms with E-state index in [1.165, 1.54) is 29.2 Å². The summed E-state index contributed by atoms with van der Waals surface area (Å²) in [6.07, 6.45) is 6.13. The molecule has 0 saturated heterocycles. The zero-order valence-corrected chi connectivity index (χ0v) is 16.5. The summed E-state index contributed by atoms with van der Waals surface area (Å²) in [5.74, 6) is -1.87. The number of allylic oxidation sites excluding steroid dienone is 2. The van der Waals surface area contributed by atoms with Crippen molar-refractivity contribution < 1.29 is 23.5 Å². The Bertz CT molecular complexity index is 738. The minimum absolute atomic E-state index is 0.205. The summed E-state index contributed by atoms with van der Waals surface area (Å²) in [5, 5.41) is 2.63. The van der Waals surface area contributed by atoms with Gasteiger partial charge in [-0.05, 0) is 64.3 Å². The molecule has 1 N–H and O–H groups in total. The highest BCUT2D eigenvalue weighted by Gasteiger charge is 2.30. The van der Waals surface area contributed by atoms with Crippen LogP contribution in [0.3, 0.4) is 0 Å². The number of carbonyl (C=O) groups is 3. The van der Waals surface area contributed by atoms with Gasteiger partial charge in [0.15, 0.2) is 6.61 Å². The van der Waals surface area contributed by atoms with E-state index >= 15 is 0 Å². The number of carbonyl (C=O) groups excluding carboxylic acids is 3. The van der Waals surface area contributed by atoms with Crippen molar-refractivity contribution in [3.05, 3.63) is 42.2 Å². The van der Waals surface area contributed by atoms with Crippen LogP contribution < -0.4 is 5.32 Å². The second kappa shape index (κ2) is 9.48. The van der Waals surface area contributed by atoms with Gasteiger partial charge in [-0.15, -0.1) is 0 Å². The molecule has 6 nitrogen and oxygen atoms in total. The van der Waals surface area contributed by atoms with Crippen LogP contribution in [0, 0.1) is 11.7 Å². The van der Waals surface area contributed by atoms with Crippen molar-refractivity contribution in [3.63, 3.8) is 0 Å². The van der Waals surface area contributed by atoms with E-state index in [0.717, 1.165) is 6.42 Å². The van der Waals surface area contributed by atoms with Gasteiger partial charge in [0.2, 0.25) is 5.91 Å². The maximum absolute atomic E-state index is 13.0. The maximum Gasteiger partial charge on any atom is 0.309 e. The molecule has 0 heterocycles. The average Bonchev–Trinajstić information content (AvgIpc) is 2.65. The highest BCUT2D eigenvalue weighted by Crippen LogP contribution is 2.20. The summed E-state index contributed by atoms with van der Waals surface area (Å²) in [7, 11) is 0. The van der Waals surface area contributed by atoms with Crippen LogP contribution in [0.2, 0.25) is 0 Å². The smallest absolute Gasteiger partial charge is 0.309 e. The summed E-state index contributed by atoms with van der Waals surface area (Å²) in [6, 6.07) is 5.36. The van der Waals surface area contributed by atoms with Crippen molar-refractivity contribution in [2.45, 2.75) is 45.6 Å². The number of ether oxygens (including phenoxy) is 1. The van der Waals surface area contributed by atoms with Crippen LogP contribution in [0.4, 0.5) is 10.1 Å². The minimum atomic E-state index is -0.642. The Hall–Kier alpha value is -2.70. The third kappa shape index (κ3) is 6.48. The van der Waals surface area contributed by atoms with Crippen LogP contribution in [0.1, 0.15) is 40.0 Å². The van der Waals surface area contributed by atoms with Gasteiger partial charge in [0, 0.05) is 11.2 Å². The van der Waals surface area contributed by atoms with Crippen LogP contribution >= 0.6 is 0 Å². The lowest BCUT2D eigenvalue weighted by atomic mass is 9.95. The normalized spacial score (nSPS) is 16.4. The Morgan fingerprint density at radius 3 is 2.43 bits per heavy atom. The van der Waals surface area contributed by atoms with Gasteiger partial charge in [0.05, 0.1) is 5.92 Å². The number of halogens is 1. The number of rotatable bonds is 6. The van der Waals surface area contributed by atoms with Crippen LogP contribution in [0.25, 0.3) is 0 Å². The van der Waals surface area contributed by atoms with Crippen molar-refractivity contribution >= 4 is 23.5 Å². The molecule has 1 atom stereocenters. The molecule has 0 aliphatic heterocycles. The van der Waals surface area contributed by atoms with E-state index < -0.39 is 29.8 Å². The fraction of sp³-hybridized carbons (Fsp3) is 0.476. The summed E-state index contributed by atoms with van der Waals surface area (Å²) in [6.45, 7) is 4.78. The molecule has 0 fully saturated rings. The lowest BCUT2D eigenvalue weighted by Gasteiger charge is -2.35. The highest BCUT2D eigenvalue weighted by atomic mass is 19.1. The van der Waals surface area contributed by atoms with Gasteiger partial charge in [0.25, 0.3) is 5.91 Å². The largest absolute Gasteiger partial charge is 0.455 e. The van der Waals surface area contributed by atoms with Crippen molar-refractivity contribution in [1.82, 2.24) is 4.90 Å². The Morgan fingerprint density at radius 1 is 1.18 bits per heavy atom. The average molecular weight is 390 g/mol. The predicted octanol–water partition coefficient (Wildman–Crippen LogP) is 3.29. The Kier molecular flexibility index (Phi) is 7.31. The Morgan fingerprint density at radius 2 is 1.86 bits per heavy atom. The van der Waals surface area contributed by atoms with Gasteiger partial charge < -0.3 is 15.0 Å². The van der Waals surface area contributed by atoms with Crippen LogP contribution in [0.15, 0.2) is 36.4 Å². The molecule has 2 rings (SSSR count). The number of nitrogens with zero attached hydrogens (tertiary/aromatic N) is 1. The molecule has 2 amide bonds. The van der Waals surface area contributed by atoms with Crippen molar-refractivity contribution in [2.75, 3.05) is 18.5 Å². The summed E-state index contributed by atoms with van der Waals surface area (Å²) in [5.41, 5.74) is -0.207. The highest BCUT2D eigenvalue weighted by molar-refractivity contribution is 5.95. The maximum atomic E-state index is 13.0. The number of esters is 1. The van der Waals surface area contributed by atoms with Gasteiger partial charge in [-0.1, -0.05) is 12.2 Å². The van der Waals surface area contributed by atoms with Crippen LogP contribution in [-0.2, 0) is 19.1 Å². The zero-order valence-electron chi connectivity index (χ0n) is 16.5. The standard InChI is InChI=1S/C21H27FN2O4/c1-21(2,3)24(13-18(25)23-17-11-9-16(22)10-12-17)19(26)14-28-20(27)15-7-5-4-6-8-15/h4-5,9-12,15H,6-8,13-14H2,1-3H3,(H,23,25)/t15-/m0/s1. The number of anilines is 1. The second-order valence-electron chi connectivity index (χ2n) is 7.79. The molecule has 1 aromatic carbocycles. The van der Waals surface area contributed by atoms with Gasteiger partial charge in [-0.25, -0.2) is 4.39 Å². The molecule has 0 bridgehead atoms. The number of benzene rings is 1. The van der Waals surface area contributed by atoms with E-state index in [2.05, 4.69) is 5.32 Å². The number of amides is 2. The van der Waals surface area contributed by atoms with E-state index in [-0.39, 0.29) is 18.4 Å². The predicted molar refractivity (Wildman–Crippen MR) is 104 cm³/mol. The summed E-state index contributed by atoms with van der Waals surface area (Å²) in [4.78, 5) is 38.4. The molecule has 1 aromatic rings. The van der Waals surface area contributed by atoms with E-state index in [4.69, 9.17) is 4.74 Å². The van der Waals surface area contributed by atoms with Crippen LogP contribution in [-0.4, -0.2) is 41.4 Å². The van der Waals surface area contributed by atoms with Crippen molar-refractivity contribution in [1.29, 1.82) is 0 Å². The summed E-state index contributed by atoms with van der Waals surface area (Å²) < 4.78 is 18.2. The van der Waals surface area contributed by atoms with Gasteiger partial charge >= 0.3 is 5.97 Å². The first-order valence-corrected chi connectivity index (χ1v) is 9.34. The van der Waals surface area contributed by atoms with E-state index in [0.29, 0.717) is 18.5 Å². The number of hydrogen-bond donors (Lipinski definition) is 1. The van der Waals surface area contributed by atoms with E-state index in [1.807, 2.05) is 12.2 Å². The van der Waals surface area contributed by atoms with E-state index in [1.54, 1.807) is 20.8 Å². The fourth-order valence-corrected chi connectivity index (χ4v) is 2.91. The van der Waals surface area contributed by atoms with E-state index in [9.17, 15) is 18.8 Å². The lowest BCUT2D eigenvalue weighted by Crippen LogP contribution is -2.50. The molecular weight excluding hydrogens is 363 g/mol. The molecule has 152 valence electrons. The fourth-order valence-electron chi connectivity index (χ4n) is 2.91. The first kappa shape index (κ1) is 21.6. The van der Waals surface area contributed by atoms with Gasteiger partial charge in [0.1, 0.15) is 12.4 Å². The first-order valence-electron chi connectivity index (χ1n) is 9.34. The first-order chi connectivity index (χ1) is 13.2. The number of hydrogen-bond acceptors (Lipinski definition) is 4. The van der Waals surface area contributed by atoms with Crippen molar-refractivity contribution in [2.24, 2.45) is 5.92 Å². The SMILES string of the molecule is CC(C)(C)N(CC(=O)Nc1ccc(F)cc1)C(=O)COC(=O)[C@H]1CC=CCC1. The monoisotopic (exact) mass is 390 g/mol. The Labute approximate surface area is 164 Å².